The number of nitrogens with zero attached hydrogens (tertiary/aromatic N) is 4. The Hall–Kier alpha value is -2.60. The van der Waals surface area contributed by atoms with Crippen molar-refractivity contribution in [2.24, 2.45) is 0 Å². The lowest BCUT2D eigenvalue weighted by molar-refractivity contribution is -0.870. The zero-order chi connectivity index (χ0) is 27.3. The first-order valence-corrected chi connectivity index (χ1v) is 14.7. The van der Waals surface area contributed by atoms with Gasteiger partial charge in [0.2, 0.25) is 0 Å². The fraction of sp³-hybridized carbons (Fsp3) is 0.455. The van der Waals surface area contributed by atoms with Crippen LogP contribution < -0.4 is 0 Å². The average Bonchev–Trinajstić information content (AvgIpc) is 3.41. The number of hydrogen-bond donors (Lipinski definition) is 0. The van der Waals surface area contributed by atoms with Crippen LogP contribution in [0.5, 0.6) is 0 Å². The van der Waals surface area contributed by atoms with Crippen molar-refractivity contribution in [3.63, 3.8) is 0 Å². The molecular formula is C33H44N4S+2. The molecule has 0 N–H and O–H groups in total. The summed E-state index contributed by atoms with van der Waals surface area (Å²) in [6.07, 6.45) is 4.76. The molecule has 200 valence electrons. The fourth-order valence-corrected chi connectivity index (χ4v) is 6.99. The van der Waals surface area contributed by atoms with Crippen LogP contribution in [-0.2, 0) is 5.41 Å². The van der Waals surface area contributed by atoms with E-state index in [0.29, 0.717) is 0 Å². The molecule has 3 aromatic carbocycles. The van der Waals surface area contributed by atoms with Crippen LogP contribution in [0.15, 0.2) is 48.5 Å². The third kappa shape index (κ3) is 5.16. The van der Waals surface area contributed by atoms with E-state index >= 15 is 0 Å². The Morgan fingerprint density at radius 3 is 1.84 bits per heavy atom. The van der Waals surface area contributed by atoms with Gasteiger partial charge in [0.05, 0.1) is 67.1 Å². The average molecular weight is 529 g/mol. The van der Waals surface area contributed by atoms with Crippen LogP contribution in [0, 0.1) is 13.8 Å². The molecular weight excluding hydrogens is 484 g/mol. The van der Waals surface area contributed by atoms with Crippen molar-refractivity contribution in [2.75, 3.05) is 55.4 Å². The van der Waals surface area contributed by atoms with Crippen molar-refractivity contribution in [1.82, 2.24) is 8.75 Å². The second-order valence-electron chi connectivity index (χ2n) is 13.5. The molecule has 1 aromatic heterocycles. The number of aryl methyl sites for hydroxylation is 2. The summed E-state index contributed by atoms with van der Waals surface area (Å²) in [5, 5.41) is 0. The molecule has 0 saturated heterocycles. The van der Waals surface area contributed by atoms with E-state index in [-0.39, 0.29) is 5.41 Å². The number of aromatic nitrogens is 2. The van der Waals surface area contributed by atoms with Crippen molar-refractivity contribution < 1.29 is 8.97 Å². The van der Waals surface area contributed by atoms with Gasteiger partial charge in [-0.1, -0.05) is 48.0 Å². The maximum atomic E-state index is 4.72. The molecule has 1 heterocycles. The van der Waals surface area contributed by atoms with E-state index in [1.54, 1.807) is 0 Å². The van der Waals surface area contributed by atoms with Gasteiger partial charge < -0.3 is 8.97 Å². The zero-order valence-corrected chi connectivity index (χ0v) is 25.4. The quantitative estimate of drug-likeness (QED) is 0.214. The van der Waals surface area contributed by atoms with E-state index in [0.717, 1.165) is 20.0 Å². The van der Waals surface area contributed by atoms with Gasteiger partial charge in [0.25, 0.3) is 0 Å². The lowest BCUT2D eigenvalue weighted by Crippen LogP contribution is -2.38. The topological polar surface area (TPSA) is 25.8 Å². The van der Waals surface area contributed by atoms with Crippen LogP contribution in [0.3, 0.4) is 0 Å². The molecule has 4 aromatic rings. The van der Waals surface area contributed by atoms with Crippen LogP contribution in [0.1, 0.15) is 47.9 Å². The second kappa shape index (κ2) is 9.86. The Balaban J connectivity index is 1.67. The molecule has 0 atom stereocenters. The summed E-state index contributed by atoms with van der Waals surface area (Å²) >= 11 is 1.32. The summed E-state index contributed by atoms with van der Waals surface area (Å²) in [5.41, 5.74) is 13.0. The van der Waals surface area contributed by atoms with Crippen molar-refractivity contribution >= 4 is 22.8 Å². The number of fused-ring (bicyclic) bond motifs is 4. The van der Waals surface area contributed by atoms with Gasteiger partial charge in [-0.3, -0.25) is 0 Å². The summed E-state index contributed by atoms with van der Waals surface area (Å²) < 4.78 is 11.3. The molecule has 1 aliphatic carbocycles. The summed E-state index contributed by atoms with van der Waals surface area (Å²) in [5.74, 6) is 0. The third-order valence-electron chi connectivity index (χ3n) is 8.31. The maximum Gasteiger partial charge on any atom is 0.112 e. The van der Waals surface area contributed by atoms with E-state index < -0.39 is 0 Å². The summed E-state index contributed by atoms with van der Waals surface area (Å²) in [6.45, 7) is 6.73. The van der Waals surface area contributed by atoms with Gasteiger partial charge in [-0.05, 0) is 79.0 Å². The highest BCUT2D eigenvalue weighted by Crippen LogP contribution is 2.55. The molecule has 0 bridgehead atoms. The number of quaternary nitrogens is 2. The normalized spacial score (nSPS) is 14.6. The molecule has 0 radical (unpaired) electrons. The van der Waals surface area contributed by atoms with Crippen molar-refractivity contribution in [2.45, 2.75) is 44.9 Å². The van der Waals surface area contributed by atoms with Gasteiger partial charge in [0.1, 0.15) is 11.0 Å². The number of benzene rings is 3. The Kier molecular flexibility index (Phi) is 7.00. The lowest BCUT2D eigenvalue weighted by Gasteiger charge is -2.35. The van der Waals surface area contributed by atoms with Crippen molar-refractivity contribution in [1.29, 1.82) is 0 Å². The fourth-order valence-electron chi connectivity index (χ4n) is 6.37. The third-order valence-corrected chi connectivity index (χ3v) is 8.84. The number of hydrogen-bond acceptors (Lipinski definition) is 3. The molecule has 0 fully saturated rings. The van der Waals surface area contributed by atoms with Gasteiger partial charge in [0.15, 0.2) is 0 Å². The lowest BCUT2D eigenvalue weighted by atomic mass is 9.70. The first-order valence-electron chi connectivity index (χ1n) is 14.0. The van der Waals surface area contributed by atoms with E-state index in [9.17, 15) is 0 Å². The van der Waals surface area contributed by atoms with Crippen molar-refractivity contribution in [3.8, 4) is 22.3 Å². The first kappa shape index (κ1) is 27.0. The summed E-state index contributed by atoms with van der Waals surface area (Å²) in [4.78, 5) is 0. The Morgan fingerprint density at radius 1 is 0.658 bits per heavy atom. The minimum atomic E-state index is 0.0289. The highest BCUT2D eigenvalue weighted by atomic mass is 32.1. The Bertz CT molecular complexity index is 1450. The van der Waals surface area contributed by atoms with Crippen LogP contribution in [0.4, 0.5) is 0 Å². The van der Waals surface area contributed by atoms with Gasteiger partial charge in [-0.15, -0.1) is 0 Å². The van der Waals surface area contributed by atoms with Gasteiger partial charge in [0, 0.05) is 11.0 Å². The highest BCUT2D eigenvalue weighted by molar-refractivity contribution is 7.00. The molecule has 0 aliphatic heterocycles. The summed E-state index contributed by atoms with van der Waals surface area (Å²) in [7, 11) is 13.9. The van der Waals surface area contributed by atoms with Gasteiger partial charge >= 0.3 is 0 Å². The summed E-state index contributed by atoms with van der Waals surface area (Å²) in [6, 6.07) is 18.8. The monoisotopic (exact) mass is 528 g/mol. The molecule has 38 heavy (non-hydrogen) atoms. The van der Waals surface area contributed by atoms with Crippen LogP contribution in [-0.4, -0.2) is 73.1 Å². The molecule has 0 saturated carbocycles. The second-order valence-corrected chi connectivity index (χ2v) is 14.0. The zero-order valence-electron chi connectivity index (χ0n) is 24.6. The largest absolute Gasteiger partial charge is 0.331 e. The molecule has 1 aliphatic rings. The first-order chi connectivity index (χ1) is 17.9. The van der Waals surface area contributed by atoms with Crippen LogP contribution in [0.25, 0.3) is 33.3 Å². The van der Waals surface area contributed by atoms with E-state index in [1.165, 1.54) is 95.0 Å². The Morgan fingerprint density at radius 2 is 1.21 bits per heavy atom. The van der Waals surface area contributed by atoms with E-state index in [1.807, 2.05) is 0 Å². The predicted octanol–water partition coefficient (Wildman–Crippen LogP) is 7.21. The molecule has 4 nitrogen and oxygen atoms in total. The molecule has 5 heteroatoms. The SMILES string of the molecule is Cc1ccc2c(c1)C(CCC[N+](C)(C)C)(CCC[N+](C)(C)C)c1cc(-c3ccc(C)c4nsnc34)ccc1-2. The van der Waals surface area contributed by atoms with Gasteiger partial charge in [-0.2, -0.15) is 8.75 Å². The Labute approximate surface area is 233 Å². The minimum Gasteiger partial charge on any atom is -0.331 e. The molecule has 5 rings (SSSR count). The highest BCUT2D eigenvalue weighted by Gasteiger charge is 2.43. The van der Waals surface area contributed by atoms with Gasteiger partial charge in [-0.25, -0.2) is 0 Å². The standard InChI is InChI=1S/C33H44N4S/c1-23-11-14-27-28-16-13-25(26-15-12-24(2)31-32(26)35-38-34-31)22-30(28)33(29(27)21-23,17-9-19-36(3,4)5)18-10-20-37(6,7)8/h11-16,21-22H,9-10,17-20H2,1-8H3/q+2. The van der Waals surface area contributed by atoms with Crippen LogP contribution in [0.2, 0.25) is 0 Å². The van der Waals surface area contributed by atoms with Crippen LogP contribution >= 0.6 is 11.7 Å². The maximum absolute atomic E-state index is 4.72. The molecule has 0 spiro atoms. The minimum absolute atomic E-state index is 0.0289. The molecule has 0 unspecified atom stereocenters. The number of rotatable bonds is 9. The van der Waals surface area contributed by atoms with Crippen molar-refractivity contribution in [3.05, 3.63) is 70.8 Å². The van der Waals surface area contributed by atoms with E-state index in [2.05, 4.69) is 109 Å². The predicted molar refractivity (Wildman–Crippen MR) is 163 cm³/mol. The van der Waals surface area contributed by atoms with E-state index in [4.69, 9.17) is 4.37 Å². The molecule has 0 amide bonds. The smallest absolute Gasteiger partial charge is 0.112 e.